The number of carbonyl (C=O) groups excluding carboxylic acids is 1. The molecular weight excluding hydrogens is 342 g/mol. The summed E-state index contributed by atoms with van der Waals surface area (Å²) in [4.78, 5) is 16.8. The van der Waals surface area contributed by atoms with Crippen LogP contribution in [0.2, 0.25) is 0 Å². The molecule has 3 aromatic rings. The zero-order valence-corrected chi connectivity index (χ0v) is 15.2. The van der Waals surface area contributed by atoms with E-state index in [0.717, 1.165) is 36.3 Å². The van der Waals surface area contributed by atoms with Gasteiger partial charge in [0.1, 0.15) is 5.75 Å². The van der Waals surface area contributed by atoms with Crippen LogP contribution in [0.15, 0.2) is 60.0 Å². The van der Waals surface area contributed by atoms with Crippen molar-refractivity contribution in [1.82, 2.24) is 4.90 Å². The molecule has 130 valence electrons. The summed E-state index contributed by atoms with van der Waals surface area (Å²) >= 11 is 1.80. The second-order valence-electron chi connectivity index (χ2n) is 6.78. The van der Waals surface area contributed by atoms with Gasteiger partial charge >= 0.3 is 0 Å². The Hall–Kier alpha value is -2.59. The second-order valence-corrected chi connectivity index (χ2v) is 7.78. The van der Waals surface area contributed by atoms with E-state index in [9.17, 15) is 4.79 Å². The first-order valence-electron chi connectivity index (χ1n) is 8.99. The zero-order chi connectivity index (χ0) is 17.5. The van der Waals surface area contributed by atoms with E-state index in [1.807, 2.05) is 41.3 Å². The maximum absolute atomic E-state index is 13.4. The van der Waals surface area contributed by atoms with Gasteiger partial charge in [0, 0.05) is 23.4 Å². The van der Waals surface area contributed by atoms with Gasteiger partial charge in [0.2, 0.25) is 0 Å². The SMILES string of the molecule is O=C(c1ccc2c(c1)CCO2)N1CCc2sccc2C1c1ccccc1. The maximum atomic E-state index is 13.4. The first kappa shape index (κ1) is 15.6. The summed E-state index contributed by atoms with van der Waals surface area (Å²) in [5, 5.41) is 2.14. The van der Waals surface area contributed by atoms with Gasteiger partial charge in [0.25, 0.3) is 5.91 Å². The largest absolute Gasteiger partial charge is 0.493 e. The Morgan fingerprint density at radius 2 is 1.96 bits per heavy atom. The minimum atomic E-state index is -0.0109. The summed E-state index contributed by atoms with van der Waals surface area (Å²) in [7, 11) is 0. The van der Waals surface area contributed by atoms with Crippen molar-refractivity contribution in [3.63, 3.8) is 0 Å². The molecule has 2 aromatic carbocycles. The van der Waals surface area contributed by atoms with E-state index in [2.05, 4.69) is 23.6 Å². The fraction of sp³-hybridized carbons (Fsp3) is 0.227. The quantitative estimate of drug-likeness (QED) is 0.674. The molecule has 0 spiro atoms. The number of hydrogen-bond acceptors (Lipinski definition) is 3. The van der Waals surface area contributed by atoms with Crippen molar-refractivity contribution in [1.29, 1.82) is 0 Å². The highest BCUT2D eigenvalue weighted by Gasteiger charge is 2.33. The average Bonchev–Trinajstić information content (AvgIpc) is 3.35. The molecule has 0 radical (unpaired) electrons. The highest BCUT2D eigenvalue weighted by molar-refractivity contribution is 7.10. The molecule has 0 N–H and O–H groups in total. The van der Waals surface area contributed by atoms with Gasteiger partial charge in [0.05, 0.1) is 12.6 Å². The molecule has 4 heteroatoms. The lowest BCUT2D eigenvalue weighted by Gasteiger charge is -2.36. The van der Waals surface area contributed by atoms with Gasteiger partial charge in [-0.2, -0.15) is 0 Å². The number of benzene rings is 2. The van der Waals surface area contributed by atoms with E-state index in [0.29, 0.717) is 6.61 Å². The molecule has 0 saturated carbocycles. The fourth-order valence-corrected chi connectivity index (χ4v) is 4.92. The van der Waals surface area contributed by atoms with Crippen molar-refractivity contribution in [2.45, 2.75) is 18.9 Å². The molecule has 0 aliphatic carbocycles. The van der Waals surface area contributed by atoms with E-state index < -0.39 is 0 Å². The van der Waals surface area contributed by atoms with Crippen molar-refractivity contribution in [2.24, 2.45) is 0 Å². The Kier molecular flexibility index (Phi) is 3.79. The van der Waals surface area contributed by atoms with E-state index in [-0.39, 0.29) is 11.9 Å². The van der Waals surface area contributed by atoms with Crippen LogP contribution in [-0.4, -0.2) is 24.0 Å². The van der Waals surface area contributed by atoms with Gasteiger partial charge in [-0.05, 0) is 52.8 Å². The van der Waals surface area contributed by atoms with Crippen LogP contribution in [0.4, 0.5) is 0 Å². The lowest BCUT2D eigenvalue weighted by Crippen LogP contribution is -2.40. The summed E-state index contributed by atoms with van der Waals surface area (Å²) < 4.78 is 5.58. The van der Waals surface area contributed by atoms with E-state index in [4.69, 9.17) is 4.74 Å². The molecule has 26 heavy (non-hydrogen) atoms. The highest BCUT2D eigenvalue weighted by Crippen LogP contribution is 2.38. The summed E-state index contributed by atoms with van der Waals surface area (Å²) in [5.74, 6) is 1.02. The fourth-order valence-electron chi connectivity index (χ4n) is 4.02. The molecule has 2 aliphatic rings. The predicted octanol–water partition coefficient (Wildman–Crippen LogP) is 4.47. The minimum absolute atomic E-state index is 0.0109. The van der Waals surface area contributed by atoms with Gasteiger partial charge in [-0.3, -0.25) is 4.79 Å². The van der Waals surface area contributed by atoms with Crippen LogP contribution in [0.5, 0.6) is 5.75 Å². The van der Waals surface area contributed by atoms with Crippen molar-refractivity contribution in [2.75, 3.05) is 13.2 Å². The average molecular weight is 361 g/mol. The van der Waals surface area contributed by atoms with Crippen LogP contribution in [-0.2, 0) is 12.8 Å². The number of ether oxygens (including phenoxy) is 1. The van der Waals surface area contributed by atoms with Gasteiger partial charge in [-0.1, -0.05) is 30.3 Å². The molecule has 5 rings (SSSR count). The Morgan fingerprint density at radius 3 is 2.85 bits per heavy atom. The standard InChI is InChI=1S/C22H19NO2S/c24-22(17-6-7-19-16(14-17)9-12-25-19)23-11-8-20-18(10-13-26-20)21(23)15-4-2-1-3-5-15/h1-7,10,13-14,21H,8-9,11-12H2. The number of hydrogen-bond donors (Lipinski definition) is 0. The van der Waals surface area contributed by atoms with Crippen LogP contribution >= 0.6 is 11.3 Å². The van der Waals surface area contributed by atoms with Crippen LogP contribution in [0.3, 0.4) is 0 Å². The Labute approximate surface area is 156 Å². The Morgan fingerprint density at radius 1 is 1.08 bits per heavy atom. The van der Waals surface area contributed by atoms with Gasteiger partial charge in [-0.25, -0.2) is 0 Å². The number of carbonyl (C=O) groups is 1. The van der Waals surface area contributed by atoms with Crippen molar-refractivity contribution < 1.29 is 9.53 Å². The molecule has 1 atom stereocenters. The first-order chi connectivity index (χ1) is 12.8. The molecule has 1 aromatic heterocycles. The van der Waals surface area contributed by atoms with Crippen molar-refractivity contribution in [3.8, 4) is 5.75 Å². The summed E-state index contributed by atoms with van der Waals surface area (Å²) in [6, 6.07) is 18.4. The number of nitrogens with zero attached hydrogens (tertiary/aromatic N) is 1. The third kappa shape index (κ3) is 2.53. The smallest absolute Gasteiger partial charge is 0.254 e. The van der Waals surface area contributed by atoms with Crippen LogP contribution in [0.25, 0.3) is 0 Å². The van der Waals surface area contributed by atoms with E-state index in [1.54, 1.807) is 11.3 Å². The molecule has 3 nitrogen and oxygen atoms in total. The third-order valence-corrected chi connectivity index (χ3v) is 6.27. The van der Waals surface area contributed by atoms with E-state index in [1.165, 1.54) is 16.0 Å². The van der Waals surface area contributed by atoms with Gasteiger partial charge < -0.3 is 9.64 Å². The molecular formula is C22H19NO2S. The summed E-state index contributed by atoms with van der Waals surface area (Å²) in [5.41, 5.74) is 4.34. The molecule has 0 saturated heterocycles. The molecule has 0 fully saturated rings. The zero-order valence-electron chi connectivity index (χ0n) is 14.4. The van der Waals surface area contributed by atoms with Crippen molar-refractivity contribution in [3.05, 3.63) is 87.1 Å². The minimum Gasteiger partial charge on any atom is -0.493 e. The lowest BCUT2D eigenvalue weighted by atomic mass is 9.92. The highest BCUT2D eigenvalue weighted by atomic mass is 32.1. The lowest BCUT2D eigenvalue weighted by molar-refractivity contribution is 0.0696. The third-order valence-electron chi connectivity index (χ3n) is 5.28. The maximum Gasteiger partial charge on any atom is 0.254 e. The number of rotatable bonds is 2. The molecule has 2 aliphatic heterocycles. The Bertz CT molecular complexity index is 963. The first-order valence-corrected chi connectivity index (χ1v) is 9.87. The summed E-state index contributed by atoms with van der Waals surface area (Å²) in [6.45, 7) is 1.46. The van der Waals surface area contributed by atoms with Crippen LogP contribution < -0.4 is 4.74 Å². The molecule has 1 amide bonds. The summed E-state index contributed by atoms with van der Waals surface area (Å²) in [6.07, 6.45) is 1.81. The molecule has 3 heterocycles. The van der Waals surface area contributed by atoms with E-state index >= 15 is 0 Å². The topological polar surface area (TPSA) is 29.5 Å². The van der Waals surface area contributed by atoms with Crippen LogP contribution in [0, 0.1) is 0 Å². The molecule has 0 bridgehead atoms. The molecule has 1 unspecified atom stereocenters. The van der Waals surface area contributed by atoms with Gasteiger partial charge in [-0.15, -0.1) is 11.3 Å². The van der Waals surface area contributed by atoms with Crippen LogP contribution in [0.1, 0.15) is 38.0 Å². The number of fused-ring (bicyclic) bond motifs is 2. The number of thiophene rings is 1. The monoisotopic (exact) mass is 361 g/mol. The normalized spacial score (nSPS) is 18.2. The van der Waals surface area contributed by atoms with Gasteiger partial charge in [0.15, 0.2) is 0 Å². The number of amides is 1. The van der Waals surface area contributed by atoms with Crippen molar-refractivity contribution >= 4 is 17.2 Å². The Balaban J connectivity index is 1.55. The second kappa shape index (κ2) is 6.29. The predicted molar refractivity (Wildman–Crippen MR) is 103 cm³/mol.